The van der Waals surface area contributed by atoms with Gasteiger partial charge in [0.1, 0.15) is 0 Å². The van der Waals surface area contributed by atoms with E-state index in [0.717, 1.165) is 18.0 Å². The van der Waals surface area contributed by atoms with Gasteiger partial charge in [-0.1, -0.05) is 6.07 Å². The van der Waals surface area contributed by atoms with Crippen molar-refractivity contribution in [2.75, 3.05) is 26.2 Å². The summed E-state index contributed by atoms with van der Waals surface area (Å²) in [4.78, 5) is 17.5. The normalized spacial score (nSPS) is 28.2. The van der Waals surface area contributed by atoms with Gasteiger partial charge in [0.15, 0.2) is 0 Å². The van der Waals surface area contributed by atoms with Gasteiger partial charge in [0.25, 0.3) is 0 Å². The number of β-amino-alcohol motifs (C(OH)–C–C–N with tert-alkyl or cyclic N) is 1. The van der Waals surface area contributed by atoms with Gasteiger partial charge >= 0.3 is 0 Å². The van der Waals surface area contributed by atoms with Gasteiger partial charge in [-0.2, -0.15) is 0 Å². The van der Waals surface area contributed by atoms with Crippen molar-refractivity contribution >= 4 is 17.2 Å². The molecule has 2 aliphatic rings. The van der Waals surface area contributed by atoms with Crippen molar-refractivity contribution in [1.29, 1.82) is 0 Å². The van der Waals surface area contributed by atoms with E-state index in [-0.39, 0.29) is 18.1 Å². The van der Waals surface area contributed by atoms with Crippen LogP contribution in [0.15, 0.2) is 17.5 Å². The zero-order valence-corrected chi connectivity index (χ0v) is 11.8. The molecule has 104 valence electrons. The van der Waals surface area contributed by atoms with Crippen LogP contribution in [0.5, 0.6) is 0 Å². The molecule has 3 heterocycles. The van der Waals surface area contributed by atoms with E-state index in [9.17, 15) is 9.90 Å². The molecule has 0 saturated carbocycles. The molecule has 1 aromatic rings. The van der Waals surface area contributed by atoms with Crippen molar-refractivity contribution in [1.82, 2.24) is 9.80 Å². The summed E-state index contributed by atoms with van der Waals surface area (Å²) in [5, 5.41) is 12.2. The van der Waals surface area contributed by atoms with Crippen LogP contribution >= 0.6 is 11.3 Å². The maximum absolute atomic E-state index is 12.2. The summed E-state index contributed by atoms with van der Waals surface area (Å²) in [5.41, 5.74) is 0. The first kappa shape index (κ1) is 13.1. The van der Waals surface area contributed by atoms with E-state index in [1.54, 1.807) is 11.3 Å². The molecule has 3 rings (SSSR count). The van der Waals surface area contributed by atoms with Crippen molar-refractivity contribution < 1.29 is 9.90 Å². The first-order valence-electron chi connectivity index (χ1n) is 6.96. The summed E-state index contributed by atoms with van der Waals surface area (Å²) >= 11 is 1.62. The number of thiophene rings is 1. The van der Waals surface area contributed by atoms with E-state index in [1.165, 1.54) is 12.8 Å². The number of rotatable bonds is 3. The van der Waals surface area contributed by atoms with Gasteiger partial charge in [-0.05, 0) is 37.4 Å². The van der Waals surface area contributed by atoms with Crippen LogP contribution < -0.4 is 0 Å². The molecule has 1 N–H and O–H groups in total. The lowest BCUT2D eigenvalue weighted by atomic mass is 10.2. The third-order valence-electron chi connectivity index (χ3n) is 4.13. The Hall–Kier alpha value is -0.910. The largest absolute Gasteiger partial charge is 0.390 e. The summed E-state index contributed by atoms with van der Waals surface area (Å²) in [6.07, 6.45) is 2.51. The molecule has 5 heteroatoms. The maximum atomic E-state index is 12.2. The van der Waals surface area contributed by atoms with Gasteiger partial charge in [0.05, 0.1) is 18.6 Å². The first-order valence-corrected chi connectivity index (χ1v) is 7.84. The average Bonchev–Trinajstić information content (AvgIpc) is 3.07. The summed E-state index contributed by atoms with van der Waals surface area (Å²) in [6, 6.07) is 4.11. The molecule has 0 aliphatic carbocycles. The molecule has 0 unspecified atom stereocenters. The minimum Gasteiger partial charge on any atom is -0.390 e. The Morgan fingerprint density at radius 3 is 2.84 bits per heavy atom. The molecular formula is C14H20N2O2S. The number of carbonyl (C=O) groups excluding carboxylic acids is 1. The molecule has 0 aromatic carbocycles. The first-order chi connectivity index (χ1) is 9.24. The third kappa shape index (κ3) is 2.83. The van der Waals surface area contributed by atoms with Gasteiger partial charge in [-0.15, -0.1) is 11.3 Å². The molecule has 1 aromatic heterocycles. The van der Waals surface area contributed by atoms with E-state index >= 15 is 0 Å². The van der Waals surface area contributed by atoms with Crippen LogP contribution in [-0.2, 0) is 11.2 Å². The minimum atomic E-state index is -0.384. The third-order valence-corrected chi connectivity index (χ3v) is 5.00. The fraction of sp³-hybridized carbons (Fsp3) is 0.643. The van der Waals surface area contributed by atoms with Crippen LogP contribution in [0, 0.1) is 0 Å². The topological polar surface area (TPSA) is 43.8 Å². The summed E-state index contributed by atoms with van der Waals surface area (Å²) in [6.45, 7) is 3.31. The van der Waals surface area contributed by atoms with Gasteiger partial charge in [0, 0.05) is 18.0 Å². The zero-order chi connectivity index (χ0) is 13.2. The highest BCUT2D eigenvalue weighted by molar-refractivity contribution is 7.10. The standard InChI is InChI=1S/C14H20N2O2S/c17-13-10-16(9-12(13)15-5-1-2-6-15)14(18)8-11-4-3-7-19-11/h3-4,7,12-13,17H,1-2,5-6,8-10H2/t12-,13-/m1/s1. The number of nitrogens with zero attached hydrogens (tertiary/aromatic N) is 2. The van der Waals surface area contributed by atoms with Crippen molar-refractivity contribution in [3.8, 4) is 0 Å². The number of carbonyl (C=O) groups is 1. The second-order valence-corrected chi connectivity index (χ2v) is 6.46. The molecule has 19 heavy (non-hydrogen) atoms. The Bertz CT molecular complexity index is 429. The number of hydrogen-bond donors (Lipinski definition) is 1. The van der Waals surface area contributed by atoms with Crippen molar-refractivity contribution in [3.63, 3.8) is 0 Å². The van der Waals surface area contributed by atoms with E-state index < -0.39 is 0 Å². The van der Waals surface area contributed by atoms with E-state index in [1.807, 2.05) is 22.4 Å². The van der Waals surface area contributed by atoms with Crippen LogP contribution in [-0.4, -0.2) is 59.1 Å². The Labute approximate surface area is 117 Å². The zero-order valence-electron chi connectivity index (χ0n) is 11.0. The lowest BCUT2D eigenvalue weighted by Gasteiger charge is -2.25. The second kappa shape index (κ2) is 5.61. The SMILES string of the molecule is O=C(Cc1cccs1)N1C[C@@H](O)[C@H](N2CCCC2)C1. The molecule has 2 atom stereocenters. The van der Waals surface area contributed by atoms with Gasteiger partial charge < -0.3 is 10.0 Å². The lowest BCUT2D eigenvalue weighted by Crippen LogP contribution is -2.41. The Morgan fingerprint density at radius 2 is 2.16 bits per heavy atom. The van der Waals surface area contributed by atoms with Gasteiger partial charge in [-0.25, -0.2) is 0 Å². The number of hydrogen-bond acceptors (Lipinski definition) is 4. The quantitative estimate of drug-likeness (QED) is 0.897. The minimum absolute atomic E-state index is 0.142. The predicted octanol–water partition coefficient (Wildman–Crippen LogP) is 0.958. The number of amides is 1. The second-order valence-electron chi connectivity index (χ2n) is 5.43. The fourth-order valence-electron chi connectivity index (χ4n) is 3.08. The molecular weight excluding hydrogens is 260 g/mol. The summed E-state index contributed by atoms with van der Waals surface area (Å²) in [7, 11) is 0. The highest BCUT2D eigenvalue weighted by atomic mass is 32.1. The molecule has 0 spiro atoms. The number of aliphatic hydroxyl groups excluding tert-OH is 1. The molecule has 2 saturated heterocycles. The highest BCUT2D eigenvalue weighted by Gasteiger charge is 2.38. The number of likely N-dealkylation sites (tertiary alicyclic amines) is 2. The summed E-state index contributed by atoms with van der Waals surface area (Å²) < 4.78 is 0. The van der Waals surface area contributed by atoms with E-state index in [0.29, 0.717) is 19.5 Å². The predicted molar refractivity (Wildman–Crippen MR) is 75.2 cm³/mol. The molecule has 4 nitrogen and oxygen atoms in total. The Morgan fingerprint density at radius 1 is 1.37 bits per heavy atom. The van der Waals surface area contributed by atoms with Crippen LogP contribution in [0.3, 0.4) is 0 Å². The van der Waals surface area contributed by atoms with Crippen molar-refractivity contribution in [3.05, 3.63) is 22.4 Å². The van der Waals surface area contributed by atoms with Crippen LogP contribution in [0.25, 0.3) is 0 Å². The lowest BCUT2D eigenvalue weighted by molar-refractivity contribution is -0.129. The highest BCUT2D eigenvalue weighted by Crippen LogP contribution is 2.22. The fourth-order valence-corrected chi connectivity index (χ4v) is 3.78. The van der Waals surface area contributed by atoms with E-state index in [2.05, 4.69) is 4.90 Å². The average molecular weight is 280 g/mol. The van der Waals surface area contributed by atoms with Crippen LogP contribution in [0.2, 0.25) is 0 Å². The van der Waals surface area contributed by atoms with Gasteiger partial charge in [0.2, 0.25) is 5.91 Å². The molecule has 2 aliphatic heterocycles. The molecule has 1 amide bonds. The number of aliphatic hydroxyl groups is 1. The van der Waals surface area contributed by atoms with Gasteiger partial charge in [-0.3, -0.25) is 9.69 Å². The molecule has 2 fully saturated rings. The Balaban J connectivity index is 1.59. The van der Waals surface area contributed by atoms with E-state index in [4.69, 9.17) is 0 Å². The van der Waals surface area contributed by atoms with Crippen molar-refractivity contribution in [2.45, 2.75) is 31.4 Å². The Kier molecular flexibility index (Phi) is 3.86. The maximum Gasteiger partial charge on any atom is 0.227 e. The van der Waals surface area contributed by atoms with Crippen molar-refractivity contribution in [2.24, 2.45) is 0 Å². The summed E-state index contributed by atoms with van der Waals surface area (Å²) in [5.74, 6) is 0.142. The smallest absolute Gasteiger partial charge is 0.227 e. The molecule has 0 bridgehead atoms. The van der Waals surface area contributed by atoms with Crippen LogP contribution in [0.4, 0.5) is 0 Å². The molecule has 0 radical (unpaired) electrons. The van der Waals surface area contributed by atoms with Crippen LogP contribution in [0.1, 0.15) is 17.7 Å². The monoisotopic (exact) mass is 280 g/mol.